The minimum absolute atomic E-state index is 0.104. The Morgan fingerprint density at radius 3 is 2.79 bits per heavy atom. The van der Waals surface area contributed by atoms with Crippen LogP contribution in [0.2, 0.25) is 0 Å². The summed E-state index contributed by atoms with van der Waals surface area (Å²) in [5.74, 6) is -0.00577. The molecule has 0 aromatic heterocycles. The monoisotopic (exact) mass is 382 g/mol. The number of carbonyl (C=O) groups excluding carboxylic acids is 3. The van der Waals surface area contributed by atoms with E-state index >= 15 is 0 Å². The number of piperidine rings is 2. The van der Waals surface area contributed by atoms with Gasteiger partial charge in [-0.2, -0.15) is 0 Å². The lowest BCUT2D eigenvalue weighted by atomic mass is 9.71. The van der Waals surface area contributed by atoms with E-state index < -0.39 is 6.04 Å². The molecule has 0 spiro atoms. The Labute approximate surface area is 164 Å². The second-order valence-corrected chi connectivity index (χ2v) is 8.42. The highest BCUT2D eigenvalue weighted by molar-refractivity contribution is 6.05. The number of imide groups is 1. The van der Waals surface area contributed by atoms with Gasteiger partial charge in [0.05, 0.1) is 0 Å². The van der Waals surface area contributed by atoms with Crippen molar-refractivity contribution in [3.05, 3.63) is 34.9 Å². The molecule has 3 aliphatic heterocycles. The molecule has 3 fully saturated rings. The summed E-state index contributed by atoms with van der Waals surface area (Å²) in [6.45, 7) is 2.25. The largest absolute Gasteiger partial charge is 0.322 e. The second kappa shape index (κ2) is 6.97. The minimum Gasteiger partial charge on any atom is -0.322 e. The van der Waals surface area contributed by atoms with Crippen LogP contribution in [0.3, 0.4) is 0 Å². The van der Waals surface area contributed by atoms with Crippen LogP contribution < -0.4 is 16.0 Å². The molecule has 1 aromatic carbocycles. The van der Waals surface area contributed by atoms with E-state index in [1.54, 1.807) is 4.90 Å². The molecule has 148 valence electrons. The predicted molar refractivity (Wildman–Crippen MR) is 102 cm³/mol. The minimum atomic E-state index is -0.557. The number of fused-ring (bicyclic) bond motifs is 2. The maximum absolute atomic E-state index is 12.9. The van der Waals surface area contributed by atoms with Crippen LogP contribution in [0.25, 0.3) is 0 Å². The fourth-order valence-corrected chi connectivity index (χ4v) is 5.21. The Hall–Kier alpha value is -2.25. The van der Waals surface area contributed by atoms with Gasteiger partial charge in [0, 0.05) is 37.2 Å². The molecule has 1 aliphatic carbocycles. The number of hydrogen-bond acceptors (Lipinski definition) is 5. The highest BCUT2D eigenvalue weighted by Crippen LogP contribution is 2.35. The van der Waals surface area contributed by atoms with Crippen LogP contribution in [0.15, 0.2) is 18.2 Å². The van der Waals surface area contributed by atoms with E-state index in [1.807, 2.05) is 12.1 Å². The zero-order valence-electron chi connectivity index (χ0n) is 15.9. The average molecular weight is 382 g/mol. The van der Waals surface area contributed by atoms with E-state index in [4.69, 9.17) is 0 Å². The topological polar surface area (TPSA) is 90.5 Å². The summed E-state index contributed by atoms with van der Waals surface area (Å²) in [6, 6.07) is 6.48. The lowest BCUT2D eigenvalue weighted by molar-refractivity contribution is -0.136. The lowest BCUT2D eigenvalue weighted by Gasteiger charge is -2.47. The molecule has 0 bridgehead atoms. The lowest BCUT2D eigenvalue weighted by Crippen LogP contribution is -2.58. The van der Waals surface area contributed by atoms with Gasteiger partial charge >= 0.3 is 0 Å². The summed E-state index contributed by atoms with van der Waals surface area (Å²) in [4.78, 5) is 38.2. The Morgan fingerprint density at radius 2 is 2.00 bits per heavy atom. The summed E-state index contributed by atoms with van der Waals surface area (Å²) < 4.78 is 0. The third-order valence-electron chi connectivity index (χ3n) is 6.94. The number of benzene rings is 1. The summed E-state index contributed by atoms with van der Waals surface area (Å²) in [5, 5.41) is 9.68. The van der Waals surface area contributed by atoms with Crippen molar-refractivity contribution >= 4 is 17.7 Å². The van der Waals surface area contributed by atoms with Crippen molar-refractivity contribution < 1.29 is 14.4 Å². The van der Waals surface area contributed by atoms with Gasteiger partial charge < -0.3 is 15.5 Å². The van der Waals surface area contributed by atoms with Gasteiger partial charge in [0.15, 0.2) is 0 Å². The third-order valence-corrected chi connectivity index (χ3v) is 6.94. The van der Waals surface area contributed by atoms with Crippen molar-refractivity contribution in [1.29, 1.82) is 0 Å². The molecule has 3 N–H and O–H groups in total. The molecule has 4 atom stereocenters. The Bertz CT molecular complexity index is 839. The summed E-state index contributed by atoms with van der Waals surface area (Å²) >= 11 is 0. The van der Waals surface area contributed by atoms with Gasteiger partial charge in [0.1, 0.15) is 6.04 Å². The van der Waals surface area contributed by atoms with Gasteiger partial charge in [0.2, 0.25) is 11.8 Å². The fraction of sp³-hybridized carbons (Fsp3) is 0.571. The molecule has 7 nitrogen and oxygen atoms in total. The van der Waals surface area contributed by atoms with Crippen LogP contribution >= 0.6 is 0 Å². The van der Waals surface area contributed by atoms with Gasteiger partial charge in [-0.15, -0.1) is 0 Å². The van der Waals surface area contributed by atoms with Gasteiger partial charge in [-0.25, -0.2) is 0 Å². The van der Waals surface area contributed by atoms with E-state index in [1.165, 1.54) is 12.8 Å². The van der Waals surface area contributed by atoms with Gasteiger partial charge in [-0.1, -0.05) is 12.1 Å². The Balaban J connectivity index is 1.31. The molecule has 0 radical (unpaired) electrons. The smallest absolute Gasteiger partial charge is 0.255 e. The molecule has 7 heteroatoms. The number of amides is 3. The molecule has 3 amide bonds. The molecule has 4 aliphatic rings. The normalized spacial score (nSPS) is 31.9. The van der Waals surface area contributed by atoms with Gasteiger partial charge in [-0.3, -0.25) is 19.7 Å². The van der Waals surface area contributed by atoms with Crippen LogP contribution in [0, 0.1) is 5.92 Å². The number of nitrogens with zero attached hydrogens (tertiary/aromatic N) is 1. The number of carbonyl (C=O) groups is 3. The number of rotatable bonds is 4. The van der Waals surface area contributed by atoms with Gasteiger partial charge in [-0.05, 0) is 55.3 Å². The molecule has 1 saturated carbocycles. The first-order valence-corrected chi connectivity index (χ1v) is 10.3. The summed E-state index contributed by atoms with van der Waals surface area (Å²) in [7, 11) is 0. The van der Waals surface area contributed by atoms with E-state index in [2.05, 4.69) is 22.0 Å². The molecular formula is C21H26N4O3. The molecule has 2 saturated heterocycles. The molecule has 3 heterocycles. The molecule has 28 heavy (non-hydrogen) atoms. The summed E-state index contributed by atoms with van der Waals surface area (Å²) in [6.07, 6.45) is 4.37. The van der Waals surface area contributed by atoms with E-state index in [-0.39, 0.29) is 24.1 Å². The Kier molecular flexibility index (Phi) is 4.44. The van der Waals surface area contributed by atoms with Crippen molar-refractivity contribution in [3.8, 4) is 0 Å². The van der Waals surface area contributed by atoms with Crippen molar-refractivity contribution in [3.63, 3.8) is 0 Å². The standard InChI is InChI=1S/C21H26N4O3/c26-19-7-6-18(20(27)24-19)25-11-15-12(2-1-3-13(15)21(25)28)10-23-17-8-9-22-16-5-4-14(16)17/h1-3,14,16-18,22-23H,4-11H2,(H,24,26,27). The van der Waals surface area contributed by atoms with Crippen molar-refractivity contribution in [2.24, 2.45) is 5.92 Å². The van der Waals surface area contributed by atoms with E-state index in [0.717, 1.165) is 30.6 Å². The second-order valence-electron chi connectivity index (χ2n) is 8.42. The first-order valence-electron chi connectivity index (χ1n) is 10.3. The van der Waals surface area contributed by atoms with Crippen LogP contribution in [-0.4, -0.2) is 47.3 Å². The van der Waals surface area contributed by atoms with Crippen LogP contribution in [-0.2, 0) is 22.7 Å². The zero-order chi connectivity index (χ0) is 19.3. The van der Waals surface area contributed by atoms with Gasteiger partial charge in [0.25, 0.3) is 5.91 Å². The van der Waals surface area contributed by atoms with E-state index in [9.17, 15) is 14.4 Å². The van der Waals surface area contributed by atoms with Crippen molar-refractivity contribution in [2.45, 2.75) is 63.3 Å². The predicted octanol–water partition coefficient (Wildman–Crippen LogP) is 0.678. The fourth-order valence-electron chi connectivity index (χ4n) is 5.21. The first-order chi connectivity index (χ1) is 13.6. The highest BCUT2D eigenvalue weighted by atomic mass is 16.2. The SMILES string of the molecule is O=C1CCC(N2Cc3c(CNC4CCNC5CCC54)cccc3C2=O)C(=O)N1. The third kappa shape index (κ3) is 2.93. The Morgan fingerprint density at radius 1 is 1.11 bits per heavy atom. The molecule has 4 unspecified atom stereocenters. The highest BCUT2D eigenvalue weighted by Gasteiger charge is 2.41. The quantitative estimate of drug-likeness (QED) is 0.666. The van der Waals surface area contributed by atoms with Crippen LogP contribution in [0.1, 0.15) is 53.6 Å². The maximum atomic E-state index is 12.9. The number of hydrogen-bond donors (Lipinski definition) is 3. The maximum Gasteiger partial charge on any atom is 0.255 e. The van der Waals surface area contributed by atoms with Crippen molar-refractivity contribution in [2.75, 3.05) is 6.54 Å². The van der Waals surface area contributed by atoms with Crippen LogP contribution in [0.4, 0.5) is 0 Å². The average Bonchev–Trinajstić information content (AvgIpc) is 2.98. The number of nitrogens with one attached hydrogen (secondary N) is 3. The summed E-state index contributed by atoms with van der Waals surface area (Å²) in [5.41, 5.74) is 2.84. The molecule has 5 rings (SSSR count). The zero-order valence-corrected chi connectivity index (χ0v) is 15.9. The van der Waals surface area contributed by atoms with Crippen LogP contribution in [0.5, 0.6) is 0 Å². The molecule has 1 aromatic rings. The van der Waals surface area contributed by atoms with E-state index in [0.29, 0.717) is 36.5 Å². The van der Waals surface area contributed by atoms with Crippen molar-refractivity contribution in [1.82, 2.24) is 20.9 Å². The first kappa shape index (κ1) is 17.8. The molecular weight excluding hydrogens is 356 g/mol.